The van der Waals surface area contributed by atoms with Crippen molar-refractivity contribution in [1.29, 1.82) is 0 Å². The lowest BCUT2D eigenvalue weighted by atomic mass is 9.96. The molecule has 2 rings (SSSR count). The van der Waals surface area contributed by atoms with Crippen LogP contribution in [0, 0.1) is 5.92 Å². The number of hydrogen-bond donors (Lipinski definition) is 0. The van der Waals surface area contributed by atoms with Crippen LogP contribution in [0.1, 0.15) is 33.6 Å². The summed E-state index contributed by atoms with van der Waals surface area (Å²) in [5.41, 5.74) is 0. The van der Waals surface area contributed by atoms with Gasteiger partial charge in [0.05, 0.1) is 6.04 Å². The first-order chi connectivity index (χ1) is 10.9. The second-order valence-corrected chi connectivity index (χ2v) is 7.80. The Morgan fingerprint density at radius 3 is 2.13 bits per heavy atom. The molecule has 0 aromatic rings. The molecular formula is C18H36N4O. The van der Waals surface area contributed by atoms with E-state index in [1.807, 2.05) is 11.9 Å². The predicted octanol–water partition coefficient (Wildman–Crippen LogP) is 1.20. The zero-order valence-corrected chi connectivity index (χ0v) is 15.8. The second-order valence-electron chi connectivity index (χ2n) is 7.80. The van der Waals surface area contributed by atoms with Crippen molar-refractivity contribution in [2.24, 2.45) is 5.92 Å². The Hall–Kier alpha value is -0.650. The van der Waals surface area contributed by atoms with Gasteiger partial charge in [0.2, 0.25) is 5.91 Å². The quantitative estimate of drug-likeness (QED) is 0.760. The molecule has 0 bridgehead atoms. The van der Waals surface area contributed by atoms with E-state index in [1.165, 1.54) is 32.5 Å². The average molecular weight is 325 g/mol. The number of carbonyl (C=O) groups excluding carboxylic acids is 1. The summed E-state index contributed by atoms with van der Waals surface area (Å²) in [6.07, 6.45) is 2.68. The minimum Gasteiger partial charge on any atom is -0.342 e. The third-order valence-corrected chi connectivity index (χ3v) is 5.79. The number of rotatable bonds is 5. The van der Waals surface area contributed by atoms with Gasteiger partial charge in [-0.15, -0.1) is 0 Å². The van der Waals surface area contributed by atoms with E-state index in [-0.39, 0.29) is 18.0 Å². The zero-order valence-electron chi connectivity index (χ0n) is 15.8. The number of amides is 1. The SMILES string of the molecule is CC(C)N(C)C(=O)[C@H](C)N1CCN(CC2CCN(C)CC2)CC1. The Balaban J connectivity index is 1.74. The van der Waals surface area contributed by atoms with Gasteiger partial charge in [-0.1, -0.05) is 0 Å². The van der Waals surface area contributed by atoms with Gasteiger partial charge in [0, 0.05) is 45.8 Å². The lowest BCUT2D eigenvalue weighted by Gasteiger charge is -2.41. The molecule has 5 nitrogen and oxygen atoms in total. The molecule has 134 valence electrons. The van der Waals surface area contributed by atoms with Gasteiger partial charge in [-0.3, -0.25) is 9.69 Å². The van der Waals surface area contributed by atoms with Crippen molar-refractivity contribution in [3.8, 4) is 0 Å². The molecule has 0 spiro atoms. The summed E-state index contributed by atoms with van der Waals surface area (Å²) in [4.78, 5) is 21.7. The van der Waals surface area contributed by atoms with Crippen LogP contribution in [-0.4, -0.2) is 97.5 Å². The second kappa shape index (κ2) is 8.45. The van der Waals surface area contributed by atoms with E-state index in [2.05, 4.69) is 42.5 Å². The summed E-state index contributed by atoms with van der Waals surface area (Å²) in [5.74, 6) is 1.12. The topological polar surface area (TPSA) is 30.0 Å². The van der Waals surface area contributed by atoms with Crippen LogP contribution < -0.4 is 0 Å². The molecule has 1 amide bonds. The first-order valence-corrected chi connectivity index (χ1v) is 9.30. The molecular weight excluding hydrogens is 288 g/mol. The van der Waals surface area contributed by atoms with Gasteiger partial charge in [0.15, 0.2) is 0 Å². The molecule has 2 aliphatic heterocycles. The fraction of sp³-hybridized carbons (Fsp3) is 0.944. The Morgan fingerprint density at radius 2 is 1.61 bits per heavy atom. The summed E-state index contributed by atoms with van der Waals surface area (Å²) in [6, 6.07) is 0.281. The maximum Gasteiger partial charge on any atom is 0.239 e. The van der Waals surface area contributed by atoms with Crippen LogP contribution >= 0.6 is 0 Å². The normalized spacial score (nSPS) is 24.1. The van der Waals surface area contributed by atoms with E-state index in [4.69, 9.17) is 0 Å². The van der Waals surface area contributed by atoms with E-state index >= 15 is 0 Å². The van der Waals surface area contributed by atoms with Crippen LogP contribution in [0.3, 0.4) is 0 Å². The fourth-order valence-corrected chi connectivity index (χ4v) is 3.65. The highest BCUT2D eigenvalue weighted by atomic mass is 16.2. The summed E-state index contributed by atoms with van der Waals surface area (Å²) in [6.45, 7) is 14.2. The maximum atomic E-state index is 12.5. The van der Waals surface area contributed by atoms with Crippen LogP contribution in [0.2, 0.25) is 0 Å². The molecule has 23 heavy (non-hydrogen) atoms. The molecule has 2 heterocycles. The monoisotopic (exact) mass is 324 g/mol. The molecule has 0 N–H and O–H groups in total. The van der Waals surface area contributed by atoms with Crippen LogP contribution in [0.15, 0.2) is 0 Å². The first kappa shape index (κ1) is 18.7. The number of likely N-dealkylation sites (N-methyl/N-ethyl adjacent to an activating group) is 1. The summed E-state index contributed by atoms with van der Waals surface area (Å²) in [5, 5.41) is 0. The number of piperidine rings is 1. The maximum absolute atomic E-state index is 12.5. The molecule has 0 radical (unpaired) electrons. The molecule has 2 saturated heterocycles. The van der Waals surface area contributed by atoms with Gasteiger partial charge in [-0.25, -0.2) is 0 Å². The molecule has 0 aromatic carbocycles. The number of nitrogens with zero attached hydrogens (tertiary/aromatic N) is 4. The highest BCUT2D eigenvalue weighted by Gasteiger charge is 2.29. The molecule has 0 aliphatic carbocycles. The number of hydrogen-bond acceptors (Lipinski definition) is 4. The third-order valence-electron chi connectivity index (χ3n) is 5.79. The Morgan fingerprint density at radius 1 is 1.04 bits per heavy atom. The summed E-state index contributed by atoms with van der Waals surface area (Å²) in [7, 11) is 4.14. The van der Waals surface area contributed by atoms with Crippen molar-refractivity contribution in [3.63, 3.8) is 0 Å². The van der Waals surface area contributed by atoms with E-state index in [9.17, 15) is 4.79 Å². The Bertz CT molecular complexity index is 371. The molecule has 2 fully saturated rings. The summed E-state index contributed by atoms with van der Waals surface area (Å²) < 4.78 is 0. The van der Waals surface area contributed by atoms with Gasteiger partial charge < -0.3 is 14.7 Å². The van der Waals surface area contributed by atoms with Gasteiger partial charge in [0.25, 0.3) is 0 Å². The lowest BCUT2D eigenvalue weighted by molar-refractivity contribution is -0.137. The minimum atomic E-state index is 0.00730. The molecule has 2 aliphatic rings. The number of piperazine rings is 1. The van der Waals surface area contributed by atoms with Crippen LogP contribution in [-0.2, 0) is 4.79 Å². The lowest BCUT2D eigenvalue weighted by Crippen LogP contribution is -2.55. The standard InChI is InChI=1S/C18H36N4O/c1-15(2)20(5)18(23)16(3)22-12-10-21(11-13-22)14-17-6-8-19(4)9-7-17/h15-17H,6-14H2,1-5H3/t16-/m0/s1. The fourth-order valence-electron chi connectivity index (χ4n) is 3.65. The van der Waals surface area contributed by atoms with Crippen molar-refractivity contribution >= 4 is 5.91 Å². The molecule has 0 unspecified atom stereocenters. The highest BCUT2D eigenvalue weighted by Crippen LogP contribution is 2.18. The van der Waals surface area contributed by atoms with E-state index in [0.717, 1.165) is 32.1 Å². The van der Waals surface area contributed by atoms with E-state index < -0.39 is 0 Å². The molecule has 1 atom stereocenters. The largest absolute Gasteiger partial charge is 0.342 e. The van der Waals surface area contributed by atoms with Crippen molar-refractivity contribution in [1.82, 2.24) is 19.6 Å². The number of carbonyl (C=O) groups is 1. The Kier molecular flexibility index (Phi) is 6.86. The van der Waals surface area contributed by atoms with Gasteiger partial charge in [-0.05, 0) is 59.7 Å². The summed E-state index contributed by atoms with van der Waals surface area (Å²) >= 11 is 0. The van der Waals surface area contributed by atoms with E-state index in [0.29, 0.717) is 0 Å². The van der Waals surface area contributed by atoms with Crippen molar-refractivity contribution in [2.45, 2.75) is 45.7 Å². The smallest absolute Gasteiger partial charge is 0.239 e. The molecule has 5 heteroatoms. The van der Waals surface area contributed by atoms with Crippen molar-refractivity contribution in [2.75, 3.05) is 59.9 Å². The van der Waals surface area contributed by atoms with Crippen molar-refractivity contribution < 1.29 is 4.79 Å². The highest BCUT2D eigenvalue weighted by molar-refractivity contribution is 5.81. The Labute approximate surface area is 142 Å². The van der Waals surface area contributed by atoms with Crippen LogP contribution in [0.5, 0.6) is 0 Å². The predicted molar refractivity (Wildman–Crippen MR) is 95.6 cm³/mol. The minimum absolute atomic E-state index is 0.00730. The van der Waals surface area contributed by atoms with E-state index in [1.54, 1.807) is 0 Å². The van der Waals surface area contributed by atoms with Gasteiger partial charge in [-0.2, -0.15) is 0 Å². The van der Waals surface area contributed by atoms with Crippen molar-refractivity contribution in [3.05, 3.63) is 0 Å². The van der Waals surface area contributed by atoms with Gasteiger partial charge >= 0.3 is 0 Å². The number of likely N-dealkylation sites (tertiary alicyclic amines) is 1. The van der Waals surface area contributed by atoms with Crippen LogP contribution in [0.25, 0.3) is 0 Å². The molecule has 0 saturated carbocycles. The zero-order chi connectivity index (χ0) is 17.0. The van der Waals surface area contributed by atoms with Gasteiger partial charge in [0.1, 0.15) is 0 Å². The van der Waals surface area contributed by atoms with Crippen LogP contribution in [0.4, 0.5) is 0 Å². The molecule has 0 aromatic heterocycles. The third kappa shape index (κ3) is 5.16. The average Bonchev–Trinajstić information content (AvgIpc) is 2.55. The first-order valence-electron chi connectivity index (χ1n) is 9.30.